The monoisotopic (exact) mass is 290 g/mol. The first-order chi connectivity index (χ1) is 10.2. The van der Waals surface area contributed by atoms with Crippen LogP contribution in [-0.2, 0) is 4.74 Å². The second kappa shape index (κ2) is 6.01. The summed E-state index contributed by atoms with van der Waals surface area (Å²) in [6.07, 6.45) is 2.01. The standard InChI is InChI=1S/C14H15FN4O2/c15-11-3-1-9(2-4-11)12-10(5-6-21-12)7-16-14(20)13-17-8-18-19-13/h1-4,8,10,12H,5-7H2,(H,16,20)(H,17,18,19)/t10-,12-/m0/s1. The Bertz CT molecular complexity index is 600. The van der Waals surface area contributed by atoms with Gasteiger partial charge in [-0.15, -0.1) is 0 Å². The van der Waals surface area contributed by atoms with E-state index < -0.39 is 0 Å². The average Bonchev–Trinajstić information content (AvgIpc) is 3.17. The van der Waals surface area contributed by atoms with Gasteiger partial charge in [-0.3, -0.25) is 9.89 Å². The molecule has 0 saturated carbocycles. The summed E-state index contributed by atoms with van der Waals surface area (Å²) in [4.78, 5) is 15.6. The Hall–Kier alpha value is -2.28. The van der Waals surface area contributed by atoms with E-state index in [2.05, 4.69) is 20.5 Å². The summed E-state index contributed by atoms with van der Waals surface area (Å²) in [5.41, 5.74) is 0.924. The van der Waals surface area contributed by atoms with Crippen LogP contribution in [0.5, 0.6) is 0 Å². The first-order valence-corrected chi connectivity index (χ1v) is 6.74. The maximum Gasteiger partial charge on any atom is 0.288 e. The predicted molar refractivity (Wildman–Crippen MR) is 71.9 cm³/mol. The Kier molecular flexibility index (Phi) is 3.92. The molecule has 1 fully saturated rings. The number of nitrogens with one attached hydrogen (secondary N) is 2. The highest BCUT2D eigenvalue weighted by molar-refractivity contribution is 5.90. The normalized spacial score (nSPS) is 21.4. The van der Waals surface area contributed by atoms with Crippen LogP contribution < -0.4 is 5.32 Å². The van der Waals surface area contributed by atoms with Crippen LogP contribution in [0, 0.1) is 11.7 Å². The van der Waals surface area contributed by atoms with Gasteiger partial charge in [-0.2, -0.15) is 5.10 Å². The Morgan fingerprint density at radius 1 is 1.43 bits per heavy atom. The molecule has 0 radical (unpaired) electrons. The minimum Gasteiger partial charge on any atom is -0.373 e. The van der Waals surface area contributed by atoms with Crippen LogP contribution in [0.25, 0.3) is 0 Å². The van der Waals surface area contributed by atoms with Crippen molar-refractivity contribution in [3.63, 3.8) is 0 Å². The molecule has 1 saturated heterocycles. The van der Waals surface area contributed by atoms with Crippen LogP contribution in [0.1, 0.15) is 28.7 Å². The highest BCUT2D eigenvalue weighted by Crippen LogP contribution is 2.34. The number of aromatic amines is 1. The number of nitrogens with zero attached hydrogens (tertiary/aromatic N) is 2. The van der Waals surface area contributed by atoms with Crippen molar-refractivity contribution < 1.29 is 13.9 Å². The predicted octanol–water partition coefficient (Wildman–Crippen LogP) is 1.45. The van der Waals surface area contributed by atoms with E-state index in [-0.39, 0.29) is 29.6 Å². The third kappa shape index (κ3) is 3.08. The molecule has 110 valence electrons. The summed E-state index contributed by atoms with van der Waals surface area (Å²) in [5.74, 6) is -0.223. The van der Waals surface area contributed by atoms with Crippen LogP contribution in [0.15, 0.2) is 30.6 Å². The summed E-state index contributed by atoms with van der Waals surface area (Å²) in [6, 6.07) is 6.27. The van der Waals surface area contributed by atoms with E-state index in [1.807, 2.05) is 0 Å². The van der Waals surface area contributed by atoms with Crippen molar-refractivity contribution in [3.05, 3.63) is 47.8 Å². The molecule has 0 aliphatic carbocycles. The lowest BCUT2D eigenvalue weighted by Crippen LogP contribution is -2.31. The minimum atomic E-state index is -0.294. The fraction of sp³-hybridized carbons (Fsp3) is 0.357. The fourth-order valence-electron chi connectivity index (χ4n) is 2.49. The van der Waals surface area contributed by atoms with E-state index in [0.717, 1.165) is 12.0 Å². The zero-order chi connectivity index (χ0) is 14.7. The first kappa shape index (κ1) is 13.7. The van der Waals surface area contributed by atoms with Crippen molar-refractivity contribution in [2.45, 2.75) is 12.5 Å². The van der Waals surface area contributed by atoms with Gasteiger partial charge in [0.1, 0.15) is 12.1 Å². The second-order valence-electron chi connectivity index (χ2n) is 4.94. The van der Waals surface area contributed by atoms with Crippen molar-refractivity contribution in [3.8, 4) is 0 Å². The third-order valence-electron chi connectivity index (χ3n) is 3.57. The largest absolute Gasteiger partial charge is 0.373 e. The number of aromatic nitrogens is 3. The Balaban J connectivity index is 1.62. The number of benzene rings is 1. The molecule has 21 heavy (non-hydrogen) atoms. The lowest BCUT2D eigenvalue weighted by Gasteiger charge is -2.19. The van der Waals surface area contributed by atoms with Crippen LogP contribution in [0.4, 0.5) is 4.39 Å². The zero-order valence-electron chi connectivity index (χ0n) is 11.3. The molecule has 1 aromatic heterocycles. The number of rotatable bonds is 4. The number of H-pyrrole nitrogens is 1. The summed E-state index contributed by atoms with van der Waals surface area (Å²) in [5, 5.41) is 8.96. The maximum absolute atomic E-state index is 13.0. The molecule has 0 spiro atoms. The van der Waals surface area contributed by atoms with Gasteiger partial charge in [-0.05, 0) is 24.1 Å². The number of halogens is 1. The number of ether oxygens (including phenoxy) is 1. The van der Waals surface area contributed by atoms with Crippen molar-refractivity contribution >= 4 is 5.91 Å². The van der Waals surface area contributed by atoms with Gasteiger partial charge in [0.25, 0.3) is 5.91 Å². The molecular formula is C14H15FN4O2. The minimum absolute atomic E-state index is 0.124. The van der Waals surface area contributed by atoms with Gasteiger partial charge in [0, 0.05) is 19.1 Å². The lowest BCUT2D eigenvalue weighted by molar-refractivity contribution is 0.0841. The van der Waals surface area contributed by atoms with Gasteiger partial charge in [0.2, 0.25) is 5.82 Å². The zero-order valence-corrected chi connectivity index (χ0v) is 11.3. The van der Waals surface area contributed by atoms with Crippen LogP contribution >= 0.6 is 0 Å². The number of amides is 1. The van der Waals surface area contributed by atoms with E-state index in [0.29, 0.717) is 13.2 Å². The Morgan fingerprint density at radius 2 is 2.24 bits per heavy atom. The van der Waals surface area contributed by atoms with Crippen LogP contribution in [-0.4, -0.2) is 34.2 Å². The number of carbonyl (C=O) groups is 1. The summed E-state index contributed by atoms with van der Waals surface area (Å²) in [6.45, 7) is 1.10. The quantitative estimate of drug-likeness (QED) is 0.893. The lowest BCUT2D eigenvalue weighted by atomic mass is 9.95. The SMILES string of the molecule is O=C(NC[C@@H]1CCO[C@H]1c1ccc(F)cc1)c1ncn[nH]1. The molecule has 2 N–H and O–H groups in total. The molecule has 7 heteroatoms. The molecule has 1 aliphatic rings. The van der Waals surface area contributed by atoms with Crippen molar-refractivity contribution in [1.29, 1.82) is 0 Å². The smallest absolute Gasteiger partial charge is 0.288 e. The molecule has 2 aromatic rings. The van der Waals surface area contributed by atoms with Gasteiger partial charge < -0.3 is 10.1 Å². The van der Waals surface area contributed by atoms with Crippen molar-refractivity contribution in [1.82, 2.24) is 20.5 Å². The molecule has 0 bridgehead atoms. The van der Waals surface area contributed by atoms with Crippen molar-refractivity contribution in [2.24, 2.45) is 5.92 Å². The van der Waals surface area contributed by atoms with E-state index in [1.54, 1.807) is 12.1 Å². The molecule has 0 unspecified atom stereocenters. The van der Waals surface area contributed by atoms with Gasteiger partial charge in [-0.1, -0.05) is 12.1 Å². The molecule has 1 aromatic carbocycles. The number of hydrogen-bond acceptors (Lipinski definition) is 4. The van der Waals surface area contributed by atoms with Gasteiger partial charge in [0.05, 0.1) is 6.10 Å². The third-order valence-corrected chi connectivity index (χ3v) is 3.57. The highest BCUT2D eigenvalue weighted by atomic mass is 19.1. The van der Waals surface area contributed by atoms with Crippen molar-refractivity contribution in [2.75, 3.05) is 13.2 Å². The molecule has 3 rings (SSSR count). The first-order valence-electron chi connectivity index (χ1n) is 6.74. The Labute approximate surface area is 120 Å². The number of carbonyl (C=O) groups excluding carboxylic acids is 1. The summed E-state index contributed by atoms with van der Waals surface area (Å²) in [7, 11) is 0. The number of hydrogen-bond donors (Lipinski definition) is 2. The maximum atomic E-state index is 13.0. The molecule has 1 amide bonds. The molecular weight excluding hydrogens is 275 g/mol. The van der Waals surface area contributed by atoms with Crippen LogP contribution in [0.2, 0.25) is 0 Å². The van der Waals surface area contributed by atoms with Crippen LogP contribution in [0.3, 0.4) is 0 Å². The summed E-state index contributed by atoms with van der Waals surface area (Å²) < 4.78 is 18.7. The van der Waals surface area contributed by atoms with E-state index >= 15 is 0 Å². The highest BCUT2D eigenvalue weighted by Gasteiger charge is 2.30. The molecule has 6 nitrogen and oxygen atoms in total. The molecule has 2 atom stereocenters. The Morgan fingerprint density at radius 3 is 2.95 bits per heavy atom. The summed E-state index contributed by atoms with van der Waals surface area (Å²) >= 11 is 0. The topological polar surface area (TPSA) is 79.9 Å². The molecule has 2 heterocycles. The molecule has 1 aliphatic heterocycles. The van der Waals surface area contributed by atoms with E-state index in [1.165, 1.54) is 18.5 Å². The van der Waals surface area contributed by atoms with Gasteiger partial charge in [0.15, 0.2) is 0 Å². The van der Waals surface area contributed by atoms with E-state index in [9.17, 15) is 9.18 Å². The van der Waals surface area contributed by atoms with Gasteiger partial charge in [-0.25, -0.2) is 9.37 Å². The van der Waals surface area contributed by atoms with E-state index in [4.69, 9.17) is 4.74 Å². The van der Waals surface area contributed by atoms with Gasteiger partial charge >= 0.3 is 0 Å². The second-order valence-corrected chi connectivity index (χ2v) is 4.94. The average molecular weight is 290 g/mol. The fourth-order valence-corrected chi connectivity index (χ4v) is 2.49.